The lowest BCUT2D eigenvalue weighted by molar-refractivity contribution is -0.144. The number of rotatable bonds is 1. The first-order valence-electron chi connectivity index (χ1n) is 3.12. The molecule has 0 bridgehead atoms. The van der Waals surface area contributed by atoms with Crippen molar-refractivity contribution in [1.82, 2.24) is 0 Å². The van der Waals surface area contributed by atoms with Gasteiger partial charge in [0, 0.05) is 0 Å². The molecule has 0 amide bonds. The van der Waals surface area contributed by atoms with E-state index in [-0.39, 0.29) is 16.4 Å². The van der Waals surface area contributed by atoms with Gasteiger partial charge < -0.3 is 26.6 Å². The Morgan fingerprint density at radius 3 is 1.83 bits per heavy atom. The second-order valence-corrected chi connectivity index (χ2v) is 2.44. The van der Waals surface area contributed by atoms with Crippen LogP contribution in [0.25, 0.3) is 0 Å². The maximum Gasteiger partial charge on any atom is 0.309 e. The minimum Gasteiger partial charge on any atom is -0.481 e. The van der Waals surface area contributed by atoms with E-state index in [2.05, 4.69) is 0 Å². The van der Waals surface area contributed by atoms with Crippen molar-refractivity contribution in [2.24, 2.45) is 5.92 Å². The zero-order valence-corrected chi connectivity index (χ0v) is 6.58. The van der Waals surface area contributed by atoms with Crippen LogP contribution in [0.3, 0.4) is 0 Å². The fourth-order valence-corrected chi connectivity index (χ4v) is 1.23. The zero-order valence-electron chi connectivity index (χ0n) is 6.58. The molecule has 0 radical (unpaired) electrons. The summed E-state index contributed by atoms with van der Waals surface area (Å²) < 4.78 is 0. The summed E-state index contributed by atoms with van der Waals surface area (Å²) in [4.78, 5) is 10.3. The van der Waals surface area contributed by atoms with Crippen molar-refractivity contribution >= 4 is 5.97 Å². The zero-order chi connectivity index (χ0) is 6.85. The Morgan fingerprint density at radius 1 is 1.17 bits per heavy atom. The van der Waals surface area contributed by atoms with Crippen LogP contribution in [0.1, 0.15) is 19.3 Å². The quantitative estimate of drug-likeness (QED) is 0.473. The Balaban J connectivity index is -0.000000270. The molecule has 6 heteroatoms. The fraction of sp³-hybridized carbons (Fsp3) is 0.833. The lowest BCUT2D eigenvalue weighted by Crippen LogP contribution is -2.21. The highest BCUT2D eigenvalue weighted by atomic mass is 16.4. The smallest absolute Gasteiger partial charge is 0.309 e. The van der Waals surface area contributed by atoms with Crippen LogP contribution in [0.4, 0.5) is 0 Å². The molecular formula is C6H16O6. The number of aliphatic carboxylic acids is 1. The first-order chi connectivity index (χ1) is 4.22. The van der Waals surface area contributed by atoms with Crippen molar-refractivity contribution < 1.29 is 31.4 Å². The van der Waals surface area contributed by atoms with Crippen LogP contribution in [0.5, 0.6) is 0 Å². The third-order valence-corrected chi connectivity index (χ3v) is 1.80. The van der Waals surface area contributed by atoms with Crippen LogP contribution in [-0.2, 0) is 4.79 Å². The van der Waals surface area contributed by atoms with Gasteiger partial charge in [0.15, 0.2) is 0 Å². The van der Waals surface area contributed by atoms with Gasteiger partial charge in [-0.25, -0.2) is 0 Å². The molecule has 1 aliphatic carbocycles. The molecule has 1 saturated carbocycles. The van der Waals surface area contributed by atoms with Crippen molar-refractivity contribution in [3.05, 3.63) is 0 Å². The molecule has 76 valence electrons. The summed E-state index contributed by atoms with van der Waals surface area (Å²) in [6, 6.07) is 0. The Labute approximate surface area is 69.8 Å². The van der Waals surface area contributed by atoms with Gasteiger partial charge in [0.05, 0.1) is 12.0 Å². The maximum atomic E-state index is 10.3. The lowest BCUT2D eigenvalue weighted by Gasteiger charge is -2.06. The summed E-state index contributed by atoms with van der Waals surface area (Å²) in [6.45, 7) is 0. The molecule has 2 atom stereocenters. The standard InChI is InChI=1S/C6H10O3.3H2O/c7-5-3-1-2-4(5)6(8)9;;;/h4-5,7H,1-3H2,(H,8,9);3*1H2. The summed E-state index contributed by atoms with van der Waals surface area (Å²) in [5.74, 6) is -1.36. The molecule has 1 fully saturated rings. The molecule has 0 aromatic heterocycles. The van der Waals surface area contributed by atoms with E-state index in [1.54, 1.807) is 0 Å². The third-order valence-electron chi connectivity index (χ3n) is 1.80. The molecule has 0 aromatic carbocycles. The number of hydrogen-bond acceptors (Lipinski definition) is 2. The number of hydrogen-bond donors (Lipinski definition) is 2. The van der Waals surface area contributed by atoms with Crippen molar-refractivity contribution in [1.29, 1.82) is 0 Å². The molecular weight excluding hydrogens is 168 g/mol. The SMILES string of the molecule is O.O.O.O=C(O)C1CCCC1O. The largest absolute Gasteiger partial charge is 0.481 e. The highest BCUT2D eigenvalue weighted by molar-refractivity contribution is 5.71. The van der Waals surface area contributed by atoms with E-state index in [4.69, 9.17) is 10.2 Å². The molecule has 1 rings (SSSR count). The molecule has 0 aromatic rings. The van der Waals surface area contributed by atoms with E-state index < -0.39 is 18.0 Å². The minimum absolute atomic E-state index is 0. The van der Waals surface area contributed by atoms with Gasteiger partial charge in [0.25, 0.3) is 0 Å². The Bertz CT molecular complexity index is 125. The summed E-state index contributed by atoms with van der Waals surface area (Å²) in [5.41, 5.74) is 0. The molecule has 0 heterocycles. The first-order valence-corrected chi connectivity index (χ1v) is 3.12. The average Bonchev–Trinajstić information content (AvgIpc) is 2.13. The summed E-state index contributed by atoms with van der Waals surface area (Å²) in [6.07, 6.45) is 1.54. The number of aliphatic hydroxyl groups excluding tert-OH is 1. The Kier molecular flexibility index (Phi) is 10.1. The van der Waals surface area contributed by atoms with Gasteiger partial charge in [0.1, 0.15) is 0 Å². The monoisotopic (exact) mass is 184 g/mol. The lowest BCUT2D eigenvalue weighted by atomic mass is 10.1. The second-order valence-electron chi connectivity index (χ2n) is 2.44. The van der Waals surface area contributed by atoms with Gasteiger partial charge in [-0.2, -0.15) is 0 Å². The molecule has 1 aliphatic rings. The van der Waals surface area contributed by atoms with E-state index in [1.165, 1.54) is 0 Å². The molecule has 12 heavy (non-hydrogen) atoms. The molecule has 0 aliphatic heterocycles. The van der Waals surface area contributed by atoms with Crippen LogP contribution < -0.4 is 0 Å². The van der Waals surface area contributed by atoms with Crippen molar-refractivity contribution in [2.45, 2.75) is 25.4 Å². The van der Waals surface area contributed by atoms with Gasteiger partial charge in [-0.15, -0.1) is 0 Å². The van der Waals surface area contributed by atoms with Gasteiger partial charge in [-0.05, 0) is 19.3 Å². The van der Waals surface area contributed by atoms with Crippen LogP contribution in [0.15, 0.2) is 0 Å². The van der Waals surface area contributed by atoms with Crippen molar-refractivity contribution in [3.63, 3.8) is 0 Å². The fourth-order valence-electron chi connectivity index (χ4n) is 1.23. The molecule has 0 saturated heterocycles. The molecule has 6 nitrogen and oxygen atoms in total. The van der Waals surface area contributed by atoms with Crippen molar-refractivity contribution in [2.75, 3.05) is 0 Å². The summed E-state index contributed by atoms with van der Waals surface area (Å²) in [7, 11) is 0. The maximum absolute atomic E-state index is 10.3. The highest BCUT2D eigenvalue weighted by Gasteiger charge is 2.30. The third kappa shape index (κ3) is 3.63. The Hall–Kier alpha value is -0.690. The number of carboxylic acids is 1. The highest BCUT2D eigenvalue weighted by Crippen LogP contribution is 2.25. The van der Waals surface area contributed by atoms with Crippen LogP contribution in [0, 0.1) is 5.92 Å². The van der Waals surface area contributed by atoms with E-state index in [0.29, 0.717) is 12.8 Å². The predicted octanol–water partition coefficient (Wildman–Crippen LogP) is -2.24. The van der Waals surface area contributed by atoms with E-state index in [0.717, 1.165) is 6.42 Å². The van der Waals surface area contributed by atoms with Crippen LogP contribution in [-0.4, -0.2) is 38.7 Å². The number of carboxylic acid groups (broad SMARTS) is 1. The first kappa shape index (κ1) is 17.4. The summed E-state index contributed by atoms with van der Waals surface area (Å²) >= 11 is 0. The van der Waals surface area contributed by atoms with Crippen molar-refractivity contribution in [3.8, 4) is 0 Å². The normalized spacial score (nSPS) is 26.1. The predicted molar refractivity (Wildman–Crippen MR) is 41.8 cm³/mol. The van der Waals surface area contributed by atoms with E-state index in [9.17, 15) is 4.79 Å². The van der Waals surface area contributed by atoms with Gasteiger partial charge in [-0.3, -0.25) is 4.79 Å². The molecule has 8 N–H and O–H groups in total. The number of aliphatic hydroxyl groups is 1. The molecule has 0 spiro atoms. The van der Waals surface area contributed by atoms with Gasteiger partial charge >= 0.3 is 5.97 Å². The minimum atomic E-state index is -0.861. The van der Waals surface area contributed by atoms with E-state index in [1.807, 2.05) is 0 Å². The van der Waals surface area contributed by atoms with Crippen LogP contribution >= 0.6 is 0 Å². The molecule has 2 unspecified atom stereocenters. The van der Waals surface area contributed by atoms with Gasteiger partial charge in [0.2, 0.25) is 0 Å². The number of carbonyl (C=O) groups is 1. The van der Waals surface area contributed by atoms with E-state index >= 15 is 0 Å². The average molecular weight is 184 g/mol. The second kappa shape index (κ2) is 6.99. The van der Waals surface area contributed by atoms with Gasteiger partial charge in [-0.1, -0.05) is 0 Å². The topological polar surface area (TPSA) is 152 Å². The Morgan fingerprint density at radius 2 is 1.67 bits per heavy atom. The van der Waals surface area contributed by atoms with Crippen LogP contribution in [0.2, 0.25) is 0 Å². The summed E-state index contributed by atoms with van der Waals surface area (Å²) in [5, 5.41) is 17.4.